The number of hydrogen-bond acceptors (Lipinski definition) is 6. The minimum atomic E-state index is -0.314. The van der Waals surface area contributed by atoms with E-state index < -0.39 is 0 Å². The fourth-order valence-electron chi connectivity index (χ4n) is 4.20. The number of Topliss-reactive ketones (excluding diaryl/α,β-unsaturated/α-hetero) is 1. The highest BCUT2D eigenvalue weighted by Gasteiger charge is 2.15. The van der Waals surface area contributed by atoms with Crippen LogP contribution in [0.5, 0.6) is 11.5 Å². The number of nitrogens with zero attached hydrogens (tertiary/aromatic N) is 2. The van der Waals surface area contributed by atoms with E-state index in [1.807, 2.05) is 74.5 Å². The maximum absolute atomic E-state index is 12.9. The molecular weight excluding hydrogens is 490 g/mol. The van der Waals surface area contributed by atoms with Crippen LogP contribution >= 0.6 is 0 Å². The number of hydrogen-bond donors (Lipinski definition) is 1. The molecule has 0 aliphatic rings. The molecule has 3 aromatic carbocycles. The number of anilines is 1. The normalized spacial score (nSPS) is 10.8. The molecule has 4 aromatic rings. The van der Waals surface area contributed by atoms with Crippen LogP contribution in [0.15, 0.2) is 78.9 Å². The molecule has 4 rings (SSSR count). The number of pyridine rings is 1. The number of ketones is 1. The first-order chi connectivity index (χ1) is 19.0. The van der Waals surface area contributed by atoms with Gasteiger partial charge in [0.25, 0.3) is 0 Å². The molecule has 196 valence electrons. The Morgan fingerprint density at radius 1 is 0.923 bits per heavy atom. The number of benzene rings is 3. The first-order valence-corrected chi connectivity index (χ1v) is 12.8. The molecule has 1 N–H and O–H groups in total. The number of rotatable bonds is 11. The van der Waals surface area contributed by atoms with E-state index >= 15 is 0 Å². The quantitative estimate of drug-likeness (QED) is 0.172. The fraction of sp³-hybridized carbons (Fsp3) is 0.188. The number of nitrogens with one attached hydrogen (secondary N) is 1. The lowest BCUT2D eigenvalue weighted by Crippen LogP contribution is -2.14. The predicted octanol–water partition coefficient (Wildman–Crippen LogP) is 6.84. The highest BCUT2D eigenvalue weighted by Crippen LogP contribution is 2.32. The summed E-state index contributed by atoms with van der Waals surface area (Å²) in [6, 6.07) is 24.5. The van der Waals surface area contributed by atoms with Gasteiger partial charge in [0.15, 0.2) is 17.3 Å². The Bertz CT molecular complexity index is 1560. The number of carbonyl (C=O) groups is 2. The Balaban J connectivity index is 1.53. The van der Waals surface area contributed by atoms with Gasteiger partial charge in [0.1, 0.15) is 5.82 Å². The van der Waals surface area contributed by atoms with Gasteiger partial charge >= 0.3 is 0 Å². The van der Waals surface area contributed by atoms with Crippen molar-refractivity contribution in [2.24, 2.45) is 0 Å². The minimum Gasteiger partial charge on any atom is -0.490 e. The van der Waals surface area contributed by atoms with Gasteiger partial charge in [0.05, 0.1) is 24.8 Å². The second-order valence-corrected chi connectivity index (χ2v) is 8.66. The molecule has 7 nitrogen and oxygen atoms in total. The zero-order valence-corrected chi connectivity index (χ0v) is 21.9. The van der Waals surface area contributed by atoms with Gasteiger partial charge in [-0.2, -0.15) is 5.26 Å². The van der Waals surface area contributed by atoms with Gasteiger partial charge in [-0.3, -0.25) is 9.59 Å². The van der Waals surface area contributed by atoms with Crippen LogP contribution in [-0.2, 0) is 4.79 Å². The van der Waals surface area contributed by atoms with Gasteiger partial charge in [-0.15, -0.1) is 0 Å². The Kier molecular flexibility index (Phi) is 9.04. The molecule has 0 aliphatic carbocycles. The van der Waals surface area contributed by atoms with E-state index in [4.69, 9.17) is 14.7 Å². The van der Waals surface area contributed by atoms with Crippen LogP contribution in [0.25, 0.3) is 28.1 Å². The molecule has 0 radical (unpaired) electrons. The second kappa shape index (κ2) is 13.0. The van der Waals surface area contributed by atoms with Gasteiger partial charge in [0.2, 0.25) is 5.91 Å². The van der Waals surface area contributed by atoms with Gasteiger partial charge in [0, 0.05) is 29.9 Å². The summed E-state index contributed by atoms with van der Waals surface area (Å²) >= 11 is 0. The van der Waals surface area contributed by atoms with Crippen molar-refractivity contribution in [3.63, 3.8) is 0 Å². The molecule has 0 unspecified atom stereocenters. The van der Waals surface area contributed by atoms with Crippen molar-refractivity contribution in [1.82, 2.24) is 4.98 Å². The molecular formula is C32H29N3O4. The average molecular weight is 520 g/mol. The highest BCUT2D eigenvalue weighted by atomic mass is 16.5. The number of carbonyl (C=O) groups excluding carboxylic acids is 2. The number of fused-ring (bicyclic) bond motifs is 1. The molecule has 1 amide bonds. The largest absolute Gasteiger partial charge is 0.490 e. The van der Waals surface area contributed by atoms with Gasteiger partial charge in [-0.1, -0.05) is 42.5 Å². The molecule has 39 heavy (non-hydrogen) atoms. The van der Waals surface area contributed by atoms with Gasteiger partial charge in [-0.05, 0) is 66.9 Å². The maximum Gasteiger partial charge on any atom is 0.225 e. The zero-order valence-electron chi connectivity index (χ0n) is 21.9. The van der Waals surface area contributed by atoms with E-state index in [2.05, 4.69) is 10.3 Å². The monoisotopic (exact) mass is 519 g/mol. The standard InChI is InChI=1S/C32H29N3O4/c1-3-38-29-16-13-24(20-30(29)39-4-2)28(36)15-17-32(37)35-31-21-26(23-10-6-5-7-11-23)25-14-12-22(9-8-18-33)19-27(25)34-31/h5-14,16,19-21H,3-4,15,17H2,1-2H3,(H,34,35,37). The number of ether oxygens (including phenoxy) is 2. The lowest BCUT2D eigenvalue weighted by molar-refractivity contribution is -0.116. The molecule has 0 atom stereocenters. The second-order valence-electron chi connectivity index (χ2n) is 8.66. The third kappa shape index (κ3) is 6.88. The van der Waals surface area contributed by atoms with Crippen LogP contribution in [0.3, 0.4) is 0 Å². The average Bonchev–Trinajstić information content (AvgIpc) is 2.95. The van der Waals surface area contributed by atoms with Crippen LogP contribution < -0.4 is 14.8 Å². The Labute approximate surface area is 227 Å². The summed E-state index contributed by atoms with van der Waals surface area (Å²) in [7, 11) is 0. The van der Waals surface area contributed by atoms with Crippen LogP contribution in [0, 0.1) is 11.3 Å². The third-order valence-electron chi connectivity index (χ3n) is 5.98. The predicted molar refractivity (Wildman–Crippen MR) is 153 cm³/mol. The van der Waals surface area contributed by atoms with Crippen LogP contribution in [-0.4, -0.2) is 29.9 Å². The first-order valence-electron chi connectivity index (χ1n) is 12.8. The molecule has 0 saturated carbocycles. The molecule has 7 heteroatoms. The fourth-order valence-corrected chi connectivity index (χ4v) is 4.20. The van der Waals surface area contributed by atoms with Gasteiger partial charge < -0.3 is 14.8 Å². The summed E-state index contributed by atoms with van der Waals surface area (Å²) < 4.78 is 11.2. The maximum atomic E-state index is 12.9. The van der Waals surface area contributed by atoms with Crippen molar-refractivity contribution in [2.75, 3.05) is 18.5 Å². The van der Waals surface area contributed by atoms with Crippen molar-refractivity contribution in [1.29, 1.82) is 5.26 Å². The third-order valence-corrected chi connectivity index (χ3v) is 5.98. The molecule has 0 fully saturated rings. The zero-order chi connectivity index (χ0) is 27.6. The van der Waals surface area contributed by atoms with Crippen LogP contribution in [0.1, 0.15) is 42.6 Å². The topological polar surface area (TPSA) is 101 Å². The number of allylic oxidation sites excluding steroid dienone is 1. The molecule has 1 heterocycles. The lowest BCUT2D eigenvalue weighted by Gasteiger charge is -2.13. The van der Waals surface area contributed by atoms with Crippen LogP contribution in [0.2, 0.25) is 0 Å². The summed E-state index contributed by atoms with van der Waals surface area (Å²) in [5, 5.41) is 12.6. The van der Waals surface area contributed by atoms with E-state index in [1.165, 1.54) is 6.08 Å². The Morgan fingerprint density at radius 2 is 1.69 bits per heavy atom. The lowest BCUT2D eigenvalue weighted by atomic mass is 9.99. The Hall–Kier alpha value is -4.96. The smallest absolute Gasteiger partial charge is 0.225 e. The summed E-state index contributed by atoms with van der Waals surface area (Å²) in [5.41, 5.74) is 3.87. The summed E-state index contributed by atoms with van der Waals surface area (Å²) in [6.07, 6.45) is 3.15. The molecule has 0 bridgehead atoms. The SMILES string of the molecule is CCOc1ccc(C(=O)CCC(=O)Nc2cc(-c3ccccc3)c3ccc(C=CC#N)cc3n2)cc1OCC. The number of amides is 1. The minimum absolute atomic E-state index is 0.00134. The summed E-state index contributed by atoms with van der Waals surface area (Å²) in [4.78, 5) is 30.3. The molecule has 0 saturated heterocycles. The number of aromatic nitrogens is 1. The van der Waals surface area contributed by atoms with E-state index in [9.17, 15) is 9.59 Å². The summed E-state index contributed by atoms with van der Waals surface area (Å²) in [6.45, 7) is 4.67. The van der Waals surface area contributed by atoms with E-state index in [0.29, 0.717) is 41.6 Å². The van der Waals surface area contributed by atoms with Gasteiger partial charge in [-0.25, -0.2) is 4.98 Å². The first kappa shape index (κ1) is 27.1. The van der Waals surface area contributed by atoms with Crippen molar-refractivity contribution >= 4 is 34.5 Å². The highest BCUT2D eigenvalue weighted by molar-refractivity contribution is 6.02. The van der Waals surface area contributed by atoms with Crippen molar-refractivity contribution in [3.8, 4) is 28.7 Å². The van der Waals surface area contributed by atoms with E-state index in [0.717, 1.165) is 22.1 Å². The van der Waals surface area contributed by atoms with Crippen LogP contribution in [0.4, 0.5) is 5.82 Å². The van der Waals surface area contributed by atoms with Crippen molar-refractivity contribution in [2.45, 2.75) is 26.7 Å². The van der Waals surface area contributed by atoms with Crippen molar-refractivity contribution in [3.05, 3.63) is 90.0 Å². The molecule has 0 spiro atoms. The van der Waals surface area contributed by atoms with Crippen molar-refractivity contribution < 1.29 is 19.1 Å². The Morgan fingerprint density at radius 3 is 2.44 bits per heavy atom. The summed E-state index contributed by atoms with van der Waals surface area (Å²) in [5.74, 6) is 0.995. The van der Waals surface area contributed by atoms with E-state index in [1.54, 1.807) is 24.3 Å². The molecule has 1 aromatic heterocycles. The van der Waals surface area contributed by atoms with E-state index in [-0.39, 0.29) is 24.5 Å². The molecule has 0 aliphatic heterocycles. The number of nitriles is 1.